The van der Waals surface area contributed by atoms with Crippen molar-refractivity contribution in [3.8, 4) is 0 Å². The summed E-state index contributed by atoms with van der Waals surface area (Å²) in [6.07, 6.45) is 3.61. The van der Waals surface area contributed by atoms with E-state index in [2.05, 4.69) is 4.98 Å². The minimum absolute atomic E-state index is 0.199. The van der Waals surface area contributed by atoms with Gasteiger partial charge < -0.3 is 5.73 Å². The Kier molecular flexibility index (Phi) is 2.67. The zero-order valence-electron chi connectivity index (χ0n) is 10.2. The summed E-state index contributed by atoms with van der Waals surface area (Å²) in [6.45, 7) is 0.440. The van der Waals surface area contributed by atoms with Gasteiger partial charge in [0.05, 0.1) is 5.69 Å². The molecule has 98 valence electrons. The molecule has 6 heteroatoms. The Morgan fingerprint density at radius 1 is 1.26 bits per heavy atom. The second-order valence-electron chi connectivity index (χ2n) is 4.40. The van der Waals surface area contributed by atoms with Gasteiger partial charge in [0.15, 0.2) is 0 Å². The van der Waals surface area contributed by atoms with E-state index in [-0.39, 0.29) is 4.90 Å². The summed E-state index contributed by atoms with van der Waals surface area (Å²) in [7, 11) is -3.55. The maximum atomic E-state index is 12.6. The van der Waals surface area contributed by atoms with Crippen LogP contribution in [0.15, 0.2) is 47.6 Å². The van der Waals surface area contributed by atoms with Crippen molar-refractivity contribution in [2.75, 3.05) is 16.6 Å². The van der Waals surface area contributed by atoms with Crippen molar-refractivity contribution in [1.29, 1.82) is 0 Å². The third-order valence-corrected chi connectivity index (χ3v) is 4.98. The number of benzene rings is 1. The van der Waals surface area contributed by atoms with Crippen LogP contribution in [0, 0.1) is 0 Å². The lowest BCUT2D eigenvalue weighted by Gasteiger charge is -2.19. The maximum absolute atomic E-state index is 12.6. The van der Waals surface area contributed by atoms with Gasteiger partial charge in [-0.25, -0.2) is 8.42 Å². The summed E-state index contributed by atoms with van der Waals surface area (Å²) >= 11 is 0. The van der Waals surface area contributed by atoms with E-state index < -0.39 is 10.0 Å². The highest BCUT2D eigenvalue weighted by Gasteiger charge is 2.30. The van der Waals surface area contributed by atoms with Crippen molar-refractivity contribution < 1.29 is 8.42 Å². The first-order chi connectivity index (χ1) is 9.09. The second kappa shape index (κ2) is 4.24. The summed E-state index contributed by atoms with van der Waals surface area (Å²) in [4.78, 5) is 4.06. The van der Waals surface area contributed by atoms with Gasteiger partial charge >= 0.3 is 0 Å². The second-order valence-corrected chi connectivity index (χ2v) is 6.27. The minimum atomic E-state index is -3.55. The normalized spacial score (nSPS) is 14.4. The number of nitrogens with zero attached hydrogens (tertiary/aromatic N) is 2. The van der Waals surface area contributed by atoms with Gasteiger partial charge in [0.1, 0.15) is 4.90 Å². The summed E-state index contributed by atoms with van der Waals surface area (Å²) in [5.74, 6) is 0. The number of hydrogen-bond acceptors (Lipinski definition) is 4. The molecular formula is C13H13N3O2S. The van der Waals surface area contributed by atoms with Crippen LogP contribution in [0.4, 0.5) is 11.4 Å². The Hall–Kier alpha value is -2.08. The molecule has 0 saturated carbocycles. The average Bonchev–Trinajstić information content (AvgIpc) is 2.83. The van der Waals surface area contributed by atoms with E-state index in [0.29, 0.717) is 24.3 Å². The lowest BCUT2D eigenvalue weighted by atomic mass is 10.1. The number of nitrogen functional groups attached to an aromatic ring is 1. The fourth-order valence-corrected chi connectivity index (χ4v) is 3.70. The molecular weight excluding hydrogens is 262 g/mol. The largest absolute Gasteiger partial charge is 0.399 e. The molecule has 0 saturated heterocycles. The van der Waals surface area contributed by atoms with E-state index in [1.165, 1.54) is 10.5 Å². The first-order valence-corrected chi connectivity index (χ1v) is 7.34. The van der Waals surface area contributed by atoms with Crippen LogP contribution in [0.5, 0.6) is 0 Å². The lowest BCUT2D eigenvalue weighted by molar-refractivity contribution is 0.592. The molecule has 5 nitrogen and oxygen atoms in total. The van der Waals surface area contributed by atoms with E-state index >= 15 is 0 Å². The molecule has 0 spiro atoms. The Labute approximate surface area is 111 Å². The smallest absolute Gasteiger partial charge is 0.265 e. The van der Waals surface area contributed by atoms with Crippen LogP contribution in [0.1, 0.15) is 5.56 Å². The van der Waals surface area contributed by atoms with Gasteiger partial charge in [-0.3, -0.25) is 9.29 Å². The molecule has 0 atom stereocenters. The number of sulfonamides is 1. The summed E-state index contributed by atoms with van der Waals surface area (Å²) < 4.78 is 26.5. The molecule has 1 aliphatic rings. The number of hydrogen-bond donors (Lipinski definition) is 1. The third-order valence-electron chi connectivity index (χ3n) is 3.18. The first kappa shape index (κ1) is 12.0. The number of fused-ring (bicyclic) bond motifs is 1. The lowest BCUT2D eigenvalue weighted by Crippen LogP contribution is -2.29. The zero-order chi connectivity index (χ0) is 13.5. The Balaban J connectivity index is 2.09. The maximum Gasteiger partial charge on any atom is 0.265 e. The molecule has 0 unspecified atom stereocenters. The van der Waals surface area contributed by atoms with Gasteiger partial charge in [0, 0.05) is 24.6 Å². The topological polar surface area (TPSA) is 76.3 Å². The van der Waals surface area contributed by atoms with E-state index in [4.69, 9.17) is 5.73 Å². The van der Waals surface area contributed by atoms with Gasteiger partial charge in [-0.15, -0.1) is 0 Å². The molecule has 0 aliphatic carbocycles. The summed E-state index contributed by atoms with van der Waals surface area (Å²) in [5, 5.41) is 0. The molecule has 0 fully saturated rings. The Morgan fingerprint density at radius 2 is 2.11 bits per heavy atom. The summed E-state index contributed by atoms with van der Waals surface area (Å²) in [6, 6.07) is 8.54. The molecule has 1 aromatic carbocycles. The van der Waals surface area contributed by atoms with E-state index in [0.717, 1.165) is 5.56 Å². The van der Waals surface area contributed by atoms with Gasteiger partial charge in [0.25, 0.3) is 10.0 Å². The van der Waals surface area contributed by atoms with Crippen LogP contribution in [0.2, 0.25) is 0 Å². The van der Waals surface area contributed by atoms with E-state index in [1.54, 1.807) is 30.5 Å². The van der Waals surface area contributed by atoms with Crippen LogP contribution < -0.4 is 10.0 Å². The highest BCUT2D eigenvalue weighted by Crippen LogP contribution is 2.34. The number of aromatic nitrogens is 1. The molecule has 2 heterocycles. The first-order valence-electron chi connectivity index (χ1n) is 5.90. The SMILES string of the molecule is Nc1ccc2c(c1)N(S(=O)(=O)c1cccnc1)CC2. The van der Waals surface area contributed by atoms with Crippen molar-refractivity contribution in [1.82, 2.24) is 4.98 Å². The number of pyridine rings is 1. The number of nitrogens with two attached hydrogens (primary N) is 1. The predicted octanol–water partition coefficient (Wildman–Crippen LogP) is 1.42. The monoisotopic (exact) mass is 275 g/mol. The van der Waals surface area contributed by atoms with Crippen LogP contribution >= 0.6 is 0 Å². The molecule has 0 amide bonds. The molecule has 3 rings (SSSR count). The minimum Gasteiger partial charge on any atom is -0.399 e. The Morgan fingerprint density at radius 3 is 2.84 bits per heavy atom. The average molecular weight is 275 g/mol. The van der Waals surface area contributed by atoms with Gasteiger partial charge in [-0.05, 0) is 36.2 Å². The van der Waals surface area contributed by atoms with Crippen LogP contribution in [0.25, 0.3) is 0 Å². The van der Waals surface area contributed by atoms with Crippen molar-refractivity contribution >= 4 is 21.4 Å². The third kappa shape index (κ3) is 1.94. The molecule has 0 radical (unpaired) electrons. The highest BCUT2D eigenvalue weighted by atomic mass is 32.2. The van der Waals surface area contributed by atoms with Crippen molar-refractivity contribution in [2.24, 2.45) is 0 Å². The van der Waals surface area contributed by atoms with Crippen LogP contribution in [-0.4, -0.2) is 19.9 Å². The summed E-state index contributed by atoms with van der Waals surface area (Å²) in [5.41, 5.74) is 7.98. The fraction of sp³-hybridized carbons (Fsp3) is 0.154. The molecule has 1 aliphatic heterocycles. The van der Waals surface area contributed by atoms with Gasteiger partial charge in [-0.1, -0.05) is 6.07 Å². The Bertz CT molecular complexity index is 714. The predicted molar refractivity (Wildman–Crippen MR) is 73.3 cm³/mol. The fourth-order valence-electron chi connectivity index (χ4n) is 2.24. The molecule has 1 aromatic heterocycles. The molecule has 2 aromatic rings. The van der Waals surface area contributed by atoms with Crippen molar-refractivity contribution in [3.63, 3.8) is 0 Å². The van der Waals surface area contributed by atoms with E-state index in [9.17, 15) is 8.42 Å². The quantitative estimate of drug-likeness (QED) is 0.841. The van der Waals surface area contributed by atoms with Crippen molar-refractivity contribution in [2.45, 2.75) is 11.3 Å². The number of anilines is 2. The highest BCUT2D eigenvalue weighted by molar-refractivity contribution is 7.92. The zero-order valence-corrected chi connectivity index (χ0v) is 11.0. The van der Waals surface area contributed by atoms with Crippen LogP contribution in [-0.2, 0) is 16.4 Å². The van der Waals surface area contributed by atoms with Gasteiger partial charge in [-0.2, -0.15) is 0 Å². The van der Waals surface area contributed by atoms with Crippen molar-refractivity contribution in [3.05, 3.63) is 48.3 Å². The van der Waals surface area contributed by atoms with Gasteiger partial charge in [0.2, 0.25) is 0 Å². The van der Waals surface area contributed by atoms with E-state index in [1.807, 2.05) is 6.07 Å². The standard InChI is InChI=1S/C13H13N3O2S/c14-11-4-3-10-5-7-16(13(10)8-11)19(17,18)12-2-1-6-15-9-12/h1-4,6,8-9H,5,7,14H2. The number of rotatable bonds is 2. The van der Waals surface area contributed by atoms with Crippen LogP contribution in [0.3, 0.4) is 0 Å². The molecule has 0 bridgehead atoms. The molecule has 2 N–H and O–H groups in total. The molecule has 19 heavy (non-hydrogen) atoms.